The van der Waals surface area contributed by atoms with Crippen molar-refractivity contribution >= 4 is 23.1 Å². The fourth-order valence-electron chi connectivity index (χ4n) is 2.72. The first-order chi connectivity index (χ1) is 12.5. The quantitative estimate of drug-likeness (QED) is 0.148. The summed E-state index contributed by atoms with van der Waals surface area (Å²) in [4.78, 5) is 39.8. The minimum atomic E-state index is -0.884. The van der Waals surface area contributed by atoms with Crippen LogP contribution in [0.15, 0.2) is 30.4 Å². The SMILES string of the molecule is C=C(C(=O)OC(C)(C)C)C(=O)c1ccc(N2CCN(C)CC2)cc1[N+](=O)[O-]. The molecule has 0 radical (unpaired) electrons. The monoisotopic (exact) mass is 375 g/mol. The molecule has 1 saturated heterocycles. The Kier molecular flexibility index (Phi) is 6.00. The zero-order valence-corrected chi connectivity index (χ0v) is 16.2. The van der Waals surface area contributed by atoms with Crippen molar-refractivity contribution in [3.63, 3.8) is 0 Å². The number of nitro groups is 1. The number of rotatable bonds is 5. The molecule has 27 heavy (non-hydrogen) atoms. The molecule has 0 aromatic heterocycles. The molecule has 0 unspecified atom stereocenters. The number of nitrogens with zero attached hydrogens (tertiary/aromatic N) is 3. The molecule has 0 spiro atoms. The number of nitro benzene ring substituents is 1. The number of hydrogen-bond acceptors (Lipinski definition) is 7. The Morgan fingerprint density at radius 3 is 2.30 bits per heavy atom. The summed E-state index contributed by atoms with van der Waals surface area (Å²) in [5.41, 5.74) is -1.07. The largest absolute Gasteiger partial charge is 0.456 e. The Hall–Kier alpha value is -2.74. The second kappa shape index (κ2) is 7.87. The van der Waals surface area contributed by atoms with Crippen molar-refractivity contribution in [3.8, 4) is 0 Å². The van der Waals surface area contributed by atoms with Gasteiger partial charge in [-0.2, -0.15) is 0 Å². The number of piperazine rings is 1. The molecule has 8 heteroatoms. The number of carbonyl (C=O) groups is 2. The number of carbonyl (C=O) groups excluding carboxylic acids is 2. The summed E-state index contributed by atoms with van der Waals surface area (Å²) in [6.45, 7) is 11.6. The van der Waals surface area contributed by atoms with Crippen LogP contribution in [0, 0.1) is 10.1 Å². The number of likely N-dealkylation sites (N-methyl/N-ethyl adjacent to an activating group) is 1. The second-order valence-electron chi connectivity index (χ2n) is 7.56. The van der Waals surface area contributed by atoms with Gasteiger partial charge in [-0.25, -0.2) is 4.79 Å². The van der Waals surface area contributed by atoms with Crippen molar-refractivity contribution in [3.05, 3.63) is 46.0 Å². The fourth-order valence-corrected chi connectivity index (χ4v) is 2.72. The third-order valence-electron chi connectivity index (χ3n) is 4.21. The lowest BCUT2D eigenvalue weighted by Crippen LogP contribution is -2.44. The number of anilines is 1. The van der Waals surface area contributed by atoms with E-state index in [1.165, 1.54) is 12.1 Å². The van der Waals surface area contributed by atoms with E-state index in [0.717, 1.165) is 26.2 Å². The van der Waals surface area contributed by atoms with E-state index in [1.807, 2.05) is 11.9 Å². The second-order valence-corrected chi connectivity index (χ2v) is 7.56. The van der Waals surface area contributed by atoms with Crippen LogP contribution in [0.4, 0.5) is 11.4 Å². The highest BCUT2D eigenvalue weighted by molar-refractivity contribution is 6.25. The predicted octanol–water partition coefficient (Wildman–Crippen LogP) is 2.43. The van der Waals surface area contributed by atoms with Gasteiger partial charge < -0.3 is 14.5 Å². The van der Waals surface area contributed by atoms with E-state index in [0.29, 0.717) is 5.69 Å². The molecule has 1 fully saturated rings. The molecule has 0 atom stereocenters. The van der Waals surface area contributed by atoms with Gasteiger partial charge in [0, 0.05) is 37.9 Å². The molecule has 1 aromatic carbocycles. The summed E-state index contributed by atoms with van der Waals surface area (Å²) in [6, 6.07) is 4.42. The maximum absolute atomic E-state index is 12.6. The first-order valence-corrected chi connectivity index (χ1v) is 8.68. The van der Waals surface area contributed by atoms with Crippen molar-refractivity contribution in [1.82, 2.24) is 4.90 Å². The molecule has 1 aliphatic heterocycles. The van der Waals surface area contributed by atoms with Crippen molar-refractivity contribution in [1.29, 1.82) is 0 Å². The zero-order chi connectivity index (χ0) is 20.4. The van der Waals surface area contributed by atoms with Crippen LogP contribution in [0.1, 0.15) is 31.1 Å². The first-order valence-electron chi connectivity index (χ1n) is 8.68. The molecule has 1 aliphatic rings. The number of Topliss-reactive ketones (excluding diaryl/α,β-unsaturated/α-hetero) is 1. The van der Waals surface area contributed by atoms with Gasteiger partial charge in [-0.05, 0) is 40.0 Å². The van der Waals surface area contributed by atoms with Gasteiger partial charge in [0.2, 0.25) is 5.78 Å². The van der Waals surface area contributed by atoms with Crippen LogP contribution in [0.2, 0.25) is 0 Å². The standard InChI is InChI=1S/C19H25N3O5/c1-13(18(24)27-19(2,3)4)17(23)15-7-6-14(12-16(15)22(25)26)21-10-8-20(5)9-11-21/h6-7,12H,1,8-11H2,2-5H3. The number of ether oxygens (including phenoxy) is 1. The molecule has 0 bridgehead atoms. The molecule has 0 saturated carbocycles. The van der Waals surface area contributed by atoms with E-state index in [1.54, 1.807) is 26.8 Å². The zero-order valence-electron chi connectivity index (χ0n) is 16.2. The van der Waals surface area contributed by atoms with Gasteiger partial charge in [0.25, 0.3) is 5.69 Å². The fraction of sp³-hybridized carbons (Fsp3) is 0.474. The molecule has 2 rings (SSSR count). The molecule has 8 nitrogen and oxygen atoms in total. The summed E-state index contributed by atoms with van der Waals surface area (Å²) >= 11 is 0. The van der Waals surface area contributed by atoms with Crippen LogP contribution in [-0.2, 0) is 9.53 Å². The predicted molar refractivity (Wildman–Crippen MR) is 102 cm³/mol. The van der Waals surface area contributed by atoms with Gasteiger partial charge in [-0.15, -0.1) is 0 Å². The Morgan fingerprint density at radius 1 is 1.19 bits per heavy atom. The van der Waals surface area contributed by atoms with Crippen LogP contribution in [-0.4, -0.2) is 60.4 Å². The van der Waals surface area contributed by atoms with Gasteiger partial charge in [0.1, 0.15) is 16.7 Å². The Morgan fingerprint density at radius 2 is 1.78 bits per heavy atom. The molecular formula is C19H25N3O5. The highest BCUT2D eigenvalue weighted by atomic mass is 16.6. The van der Waals surface area contributed by atoms with Crippen LogP contribution < -0.4 is 4.90 Å². The molecular weight excluding hydrogens is 350 g/mol. The van der Waals surface area contributed by atoms with Gasteiger partial charge >= 0.3 is 5.97 Å². The van der Waals surface area contributed by atoms with E-state index >= 15 is 0 Å². The third kappa shape index (κ3) is 5.13. The number of ketones is 1. The van der Waals surface area contributed by atoms with Crippen molar-refractivity contribution in [2.24, 2.45) is 0 Å². The molecule has 0 amide bonds. The number of esters is 1. The van der Waals surface area contributed by atoms with Crippen LogP contribution >= 0.6 is 0 Å². The molecule has 1 aromatic rings. The van der Waals surface area contributed by atoms with E-state index in [2.05, 4.69) is 11.5 Å². The van der Waals surface area contributed by atoms with E-state index < -0.39 is 27.9 Å². The van der Waals surface area contributed by atoms with Gasteiger partial charge in [-0.1, -0.05) is 6.58 Å². The average Bonchev–Trinajstić information content (AvgIpc) is 2.59. The lowest BCUT2D eigenvalue weighted by atomic mass is 10.0. The van der Waals surface area contributed by atoms with Crippen LogP contribution in [0.3, 0.4) is 0 Å². The van der Waals surface area contributed by atoms with Gasteiger partial charge in [0.15, 0.2) is 0 Å². The minimum Gasteiger partial charge on any atom is -0.456 e. The molecule has 0 aliphatic carbocycles. The maximum atomic E-state index is 12.6. The maximum Gasteiger partial charge on any atom is 0.342 e. The lowest BCUT2D eigenvalue weighted by molar-refractivity contribution is -0.385. The normalized spacial score (nSPS) is 15.3. The van der Waals surface area contributed by atoms with Crippen LogP contribution in [0.25, 0.3) is 0 Å². The van der Waals surface area contributed by atoms with E-state index in [9.17, 15) is 19.7 Å². The third-order valence-corrected chi connectivity index (χ3v) is 4.21. The van der Waals surface area contributed by atoms with E-state index in [-0.39, 0.29) is 11.3 Å². The summed E-state index contributed by atoms with van der Waals surface area (Å²) in [7, 11) is 2.02. The van der Waals surface area contributed by atoms with Gasteiger partial charge in [-0.3, -0.25) is 14.9 Å². The summed E-state index contributed by atoms with van der Waals surface area (Å²) in [5.74, 6) is -1.69. The first kappa shape index (κ1) is 20.6. The Balaban J connectivity index is 2.28. The summed E-state index contributed by atoms with van der Waals surface area (Å²) < 4.78 is 5.13. The topological polar surface area (TPSA) is 93.0 Å². The van der Waals surface area contributed by atoms with Gasteiger partial charge in [0.05, 0.1) is 4.92 Å². The van der Waals surface area contributed by atoms with E-state index in [4.69, 9.17) is 4.74 Å². The molecule has 146 valence electrons. The molecule has 1 heterocycles. The Labute approximate surface area is 158 Å². The molecule has 0 N–H and O–H groups in total. The Bertz CT molecular complexity index is 774. The number of hydrogen-bond donors (Lipinski definition) is 0. The van der Waals surface area contributed by atoms with Crippen molar-refractivity contribution < 1.29 is 19.2 Å². The highest BCUT2D eigenvalue weighted by Crippen LogP contribution is 2.28. The van der Waals surface area contributed by atoms with Crippen molar-refractivity contribution in [2.75, 3.05) is 38.1 Å². The highest BCUT2D eigenvalue weighted by Gasteiger charge is 2.29. The summed E-state index contributed by atoms with van der Waals surface area (Å²) in [5, 5.41) is 11.5. The minimum absolute atomic E-state index is 0.172. The lowest BCUT2D eigenvalue weighted by Gasteiger charge is -2.34. The van der Waals surface area contributed by atoms with Crippen LogP contribution in [0.5, 0.6) is 0 Å². The smallest absolute Gasteiger partial charge is 0.342 e. The van der Waals surface area contributed by atoms with Crippen molar-refractivity contribution in [2.45, 2.75) is 26.4 Å². The number of benzene rings is 1. The summed E-state index contributed by atoms with van der Waals surface area (Å²) in [6.07, 6.45) is 0. The average molecular weight is 375 g/mol.